The lowest BCUT2D eigenvalue weighted by molar-refractivity contribution is 0.208. The summed E-state index contributed by atoms with van der Waals surface area (Å²) in [5.74, 6) is 1.63. The van der Waals surface area contributed by atoms with Crippen molar-refractivity contribution in [2.24, 2.45) is 0 Å². The van der Waals surface area contributed by atoms with Crippen LogP contribution in [0.3, 0.4) is 0 Å². The maximum Gasteiger partial charge on any atom is 0.321 e. The Morgan fingerprint density at radius 2 is 1.85 bits per heavy atom. The predicted molar refractivity (Wildman–Crippen MR) is 107 cm³/mol. The van der Waals surface area contributed by atoms with Crippen LogP contribution in [0.25, 0.3) is 11.0 Å². The van der Waals surface area contributed by atoms with Gasteiger partial charge in [0.1, 0.15) is 5.75 Å². The third kappa shape index (κ3) is 3.67. The number of fused-ring (bicyclic) bond motifs is 1. The Balaban J connectivity index is 1.36. The van der Waals surface area contributed by atoms with E-state index in [1.54, 1.807) is 7.11 Å². The number of nitrogens with zero attached hydrogens (tertiary/aromatic N) is 3. The molecule has 0 unspecified atom stereocenters. The van der Waals surface area contributed by atoms with Crippen molar-refractivity contribution in [3.05, 3.63) is 48.0 Å². The molecule has 2 amide bonds. The van der Waals surface area contributed by atoms with Crippen LogP contribution in [-0.2, 0) is 0 Å². The number of anilines is 2. The molecule has 1 aliphatic rings. The molecule has 140 valence electrons. The second-order valence-electron chi connectivity index (χ2n) is 6.71. The molecule has 0 spiro atoms. The van der Waals surface area contributed by atoms with Crippen LogP contribution in [0.2, 0.25) is 0 Å². The number of ether oxygens (including phenoxy) is 1. The molecule has 0 radical (unpaired) electrons. The number of hydrogen-bond donors (Lipinski definition) is 2. The number of H-pyrrole nitrogens is 1. The van der Waals surface area contributed by atoms with Crippen molar-refractivity contribution in [2.45, 2.75) is 6.92 Å². The molecule has 3 aromatic rings. The third-order valence-corrected chi connectivity index (χ3v) is 4.83. The van der Waals surface area contributed by atoms with Crippen molar-refractivity contribution < 1.29 is 9.53 Å². The normalized spacial score (nSPS) is 14.4. The van der Waals surface area contributed by atoms with Gasteiger partial charge in [-0.05, 0) is 48.9 Å². The largest absolute Gasteiger partial charge is 0.497 e. The minimum absolute atomic E-state index is 0.0833. The summed E-state index contributed by atoms with van der Waals surface area (Å²) in [6, 6.07) is 13.4. The fourth-order valence-corrected chi connectivity index (χ4v) is 3.26. The number of amides is 2. The predicted octanol–water partition coefficient (Wildman–Crippen LogP) is 3.23. The highest BCUT2D eigenvalue weighted by Gasteiger charge is 2.23. The average Bonchev–Trinajstić information content (AvgIpc) is 3.12. The van der Waals surface area contributed by atoms with Gasteiger partial charge in [-0.3, -0.25) is 0 Å². The van der Waals surface area contributed by atoms with Crippen LogP contribution in [0, 0.1) is 6.92 Å². The zero-order valence-corrected chi connectivity index (χ0v) is 15.5. The highest BCUT2D eigenvalue weighted by molar-refractivity contribution is 5.89. The molecule has 27 heavy (non-hydrogen) atoms. The van der Waals surface area contributed by atoms with E-state index in [4.69, 9.17) is 4.74 Å². The summed E-state index contributed by atoms with van der Waals surface area (Å²) in [6.45, 7) is 4.86. The van der Waals surface area contributed by atoms with Crippen LogP contribution >= 0.6 is 0 Å². The molecule has 0 aliphatic carbocycles. The van der Waals surface area contributed by atoms with Crippen molar-refractivity contribution in [3.63, 3.8) is 0 Å². The van der Waals surface area contributed by atoms with Gasteiger partial charge in [0.15, 0.2) is 0 Å². The van der Waals surface area contributed by atoms with Crippen LogP contribution in [0.1, 0.15) is 5.56 Å². The summed E-state index contributed by atoms with van der Waals surface area (Å²) < 4.78 is 5.14. The first kappa shape index (κ1) is 17.2. The molecule has 1 aliphatic heterocycles. The SMILES string of the molecule is COc1ccc(NC(=O)N2CCN(c3nc4ccc(C)cc4[nH]3)CC2)cc1. The van der Waals surface area contributed by atoms with Gasteiger partial charge in [0.05, 0.1) is 18.1 Å². The van der Waals surface area contributed by atoms with Crippen LogP contribution in [-0.4, -0.2) is 54.2 Å². The van der Waals surface area contributed by atoms with Crippen molar-refractivity contribution in [1.82, 2.24) is 14.9 Å². The van der Waals surface area contributed by atoms with Gasteiger partial charge in [-0.1, -0.05) is 6.07 Å². The Morgan fingerprint density at radius 1 is 1.11 bits per heavy atom. The number of piperazine rings is 1. The summed E-state index contributed by atoms with van der Waals surface area (Å²) in [6.07, 6.45) is 0. The molecular formula is C20H23N5O2. The number of imidazole rings is 1. The summed E-state index contributed by atoms with van der Waals surface area (Å²) in [5, 5.41) is 2.93. The summed E-state index contributed by atoms with van der Waals surface area (Å²) in [5.41, 5.74) is 3.98. The fourth-order valence-electron chi connectivity index (χ4n) is 3.26. The number of carbonyl (C=O) groups is 1. The molecule has 0 atom stereocenters. The first-order valence-corrected chi connectivity index (χ1v) is 9.04. The summed E-state index contributed by atoms with van der Waals surface area (Å²) in [4.78, 5) is 24.6. The average molecular weight is 365 g/mol. The highest BCUT2D eigenvalue weighted by Crippen LogP contribution is 2.20. The van der Waals surface area contributed by atoms with E-state index in [0.717, 1.165) is 41.5 Å². The maximum absolute atomic E-state index is 12.5. The lowest BCUT2D eigenvalue weighted by Gasteiger charge is -2.34. The van der Waals surface area contributed by atoms with Crippen molar-refractivity contribution in [2.75, 3.05) is 43.5 Å². The van der Waals surface area contributed by atoms with Crippen molar-refractivity contribution in [3.8, 4) is 5.75 Å². The van der Waals surface area contributed by atoms with E-state index in [-0.39, 0.29) is 6.03 Å². The zero-order chi connectivity index (χ0) is 18.8. The second kappa shape index (κ2) is 7.19. The van der Waals surface area contributed by atoms with Gasteiger partial charge in [-0.25, -0.2) is 9.78 Å². The van der Waals surface area contributed by atoms with E-state index in [1.807, 2.05) is 35.2 Å². The molecule has 1 aromatic heterocycles. The molecule has 1 fully saturated rings. The molecule has 2 heterocycles. The molecular weight excluding hydrogens is 342 g/mol. The van der Waals surface area contributed by atoms with Gasteiger partial charge in [-0.2, -0.15) is 0 Å². The van der Waals surface area contributed by atoms with Crippen LogP contribution < -0.4 is 15.0 Å². The minimum atomic E-state index is -0.0833. The first-order valence-electron chi connectivity index (χ1n) is 9.04. The highest BCUT2D eigenvalue weighted by atomic mass is 16.5. The van der Waals surface area contributed by atoms with Gasteiger partial charge in [0, 0.05) is 31.9 Å². The first-order chi connectivity index (χ1) is 13.1. The van der Waals surface area contributed by atoms with Gasteiger partial charge in [0.25, 0.3) is 0 Å². The number of benzene rings is 2. The lowest BCUT2D eigenvalue weighted by Crippen LogP contribution is -2.50. The van der Waals surface area contributed by atoms with E-state index >= 15 is 0 Å². The second-order valence-corrected chi connectivity index (χ2v) is 6.71. The maximum atomic E-state index is 12.5. The number of carbonyl (C=O) groups excluding carboxylic acids is 1. The van der Waals surface area contributed by atoms with E-state index in [1.165, 1.54) is 5.56 Å². The Bertz CT molecular complexity index is 943. The lowest BCUT2D eigenvalue weighted by atomic mass is 10.2. The number of nitrogens with one attached hydrogen (secondary N) is 2. The monoisotopic (exact) mass is 365 g/mol. The Kier molecular flexibility index (Phi) is 4.58. The topological polar surface area (TPSA) is 73.5 Å². The number of aromatic nitrogens is 2. The Labute approximate surface area is 157 Å². The molecule has 4 rings (SSSR count). The van der Waals surface area contributed by atoms with Gasteiger partial charge >= 0.3 is 6.03 Å². The van der Waals surface area contributed by atoms with Gasteiger partial charge in [0.2, 0.25) is 5.95 Å². The standard InChI is InChI=1S/C20H23N5O2/c1-14-3-8-17-18(13-14)23-19(22-17)24-9-11-25(12-10-24)20(26)21-15-4-6-16(27-2)7-5-15/h3-8,13H,9-12H2,1-2H3,(H,21,26)(H,22,23). The molecule has 2 N–H and O–H groups in total. The number of aromatic amines is 1. The van der Waals surface area contributed by atoms with Crippen LogP contribution in [0.15, 0.2) is 42.5 Å². The Morgan fingerprint density at radius 3 is 2.56 bits per heavy atom. The van der Waals surface area contributed by atoms with E-state index in [9.17, 15) is 4.79 Å². The number of hydrogen-bond acceptors (Lipinski definition) is 4. The van der Waals surface area contributed by atoms with Crippen LogP contribution in [0.5, 0.6) is 5.75 Å². The molecule has 1 saturated heterocycles. The number of methoxy groups -OCH3 is 1. The number of urea groups is 1. The fraction of sp³-hybridized carbons (Fsp3) is 0.300. The number of rotatable bonds is 3. The molecule has 7 heteroatoms. The van der Waals surface area contributed by atoms with Gasteiger partial charge in [-0.15, -0.1) is 0 Å². The molecule has 2 aromatic carbocycles. The van der Waals surface area contributed by atoms with E-state index in [0.29, 0.717) is 13.1 Å². The molecule has 0 saturated carbocycles. The summed E-state index contributed by atoms with van der Waals surface area (Å²) in [7, 11) is 1.62. The smallest absolute Gasteiger partial charge is 0.321 e. The zero-order valence-electron chi connectivity index (χ0n) is 15.5. The van der Waals surface area contributed by atoms with Crippen molar-refractivity contribution in [1.29, 1.82) is 0 Å². The quantitative estimate of drug-likeness (QED) is 0.747. The van der Waals surface area contributed by atoms with Gasteiger partial charge < -0.3 is 24.8 Å². The Hall–Kier alpha value is -3.22. The van der Waals surface area contributed by atoms with E-state index < -0.39 is 0 Å². The molecule has 0 bridgehead atoms. The third-order valence-electron chi connectivity index (χ3n) is 4.83. The number of aryl methyl sites for hydroxylation is 1. The summed E-state index contributed by atoms with van der Waals surface area (Å²) >= 11 is 0. The minimum Gasteiger partial charge on any atom is -0.497 e. The van der Waals surface area contributed by atoms with E-state index in [2.05, 4.69) is 39.2 Å². The molecule has 7 nitrogen and oxygen atoms in total. The van der Waals surface area contributed by atoms with Crippen molar-refractivity contribution >= 4 is 28.7 Å². The van der Waals surface area contributed by atoms with Crippen LogP contribution in [0.4, 0.5) is 16.4 Å².